The van der Waals surface area contributed by atoms with Crippen LogP contribution >= 0.6 is 0 Å². The first-order valence-electron chi connectivity index (χ1n) is 12.0. The number of aryl methyl sites for hydroxylation is 1. The fourth-order valence-electron chi connectivity index (χ4n) is 4.13. The van der Waals surface area contributed by atoms with Gasteiger partial charge in [0.2, 0.25) is 5.91 Å². The Labute approximate surface area is 201 Å². The van der Waals surface area contributed by atoms with Crippen molar-refractivity contribution in [1.29, 1.82) is 0 Å². The highest BCUT2D eigenvalue weighted by Crippen LogP contribution is 2.16. The predicted octanol–water partition coefficient (Wildman–Crippen LogP) is 2.50. The number of aliphatic hydroxyl groups excluding tert-OH is 1. The van der Waals surface area contributed by atoms with Crippen LogP contribution < -0.4 is 15.4 Å². The van der Waals surface area contributed by atoms with Crippen molar-refractivity contribution in [3.63, 3.8) is 0 Å². The van der Waals surface area contributed by atoms with Gasteiger partial charge in [-0.2, -0.15) is 0 Å². The van der Waals surface area contributed by atoms with Crippen molar-refractivity contribution in [2.24, 2.45) is 0 Å². The van der Waals surface area contributed by atoms with E-state index in [1.54, 1.807) is 18.2 Å². The summed E-state index contributed by atoms with van der Waals surface area (Å²) in [5.41, 5.74) is 2.34. The van der Waals surface area contributed by atoms with Crippen LogP contribution in [0.1, 0.15) is 18.9 Å². The fourth-order valence-corrected chi connectivity index (χ4v) is 4.13. The maximum absolute atomic E-state index is 13.7. The van der Waals surface area contributed by atoms with E-state index in [0.29, 0.717) is 19.6 Å². The highest BCUT2D eigenvalue weighted by atomic mass is 19.1. The molecule has 2 unspecified atom stereocenters. The van der Waals surface area contributed by atoms with E-state index in [2.05, 4.69) is 46.4 Å². The number of rotatable bonds is 12. The number of halogens is 1. The monoisotopic (exact) mass is 472 g/mol. The minimum absolute atomic E-state index is 0.0367. The molecule has 2 atom stereocenters. The number of carbonyl (C=O) groups is 1. The maximum Gasteiger partial charge on any atom is 0.234 e. The van der Waals surface area contributed by atoms with Crippen LogP contribution in [0.15, 0.2) is 48.5 Å². The lowest BCUT2D eigenvalue weighted by Gasteiger charge is -2.40. The van der Waals surface area contributed by atoms with Gasteiger partial charge in [-0.1, -0.05) is 30.3 Å². The molecule has 1 saturated heterocycles. The van der Waals surface area contributed by atoms with E-state index in [1.165, 1.54) is 11.6 Å². The number of piperazine rings is 1. The average Bonchev–Trinajstić information content (AvgIpc) is 2.81. The zero-order valence-corrected chi connectivity index (χ0v) is 20.2. The lowest BCUT2D eigenvalue weighted by Crippen LogP contribution is -2.55. The number of aliphatic hydroxyl groups is 1. The number of nitrogens with one attached hydrogen (secondary N) is 2. The van der Waals surface area contributed by atoms with Gasteiger partial charge in [-0.3, -0.25) is 14.6 Å². The zero-order valence-electron chi connectivity index (χ0n) is 20.2. The molecule has 1 fully saturated rings. The van der Waals surface area contributed by atoms with Crippen molar-refractivity contribution in [1.82, 2.24) is 15.1 Å². The average molecular weight is 473 g/mol. The second-order valence-electron chi connectivity index (χ2n) is 8.92. The third-order valence-electron chi connectivity index (χ3n) is 6.07. The first kappa shape index (κ1) is 25.9. The van der Waals surface area contributed by atoms with Crippen LogP contribution in [0, 0.1) is 12.7 Å². The summed E-state index contributed by atoms with van der Waals surface area (Å²) in [7, 11) is 0. The molecule has 0 aliphatic carbocycles. The second-order valence-corrected chi connectivity index (χ2v) is 8.92. The number of anilines is 1. The second kappa shape index (κ2) is 13.3. The van der Waals surface area contributed by atoms with Gasteiger partial charge in [-0.05, 0) is 44.0 Å². The van der Waals surface area contributed by atoms with Crippen molar-refractivity contribution in [3.05, 3.63) is 59.9 Å². The van der Waals surface area contributed by atoms with Crippen LogP contribution in [0.2, 0.25) is 0 Å². The van der Waals surface area contributed by atoms with Crippen LogP contribution in [0.5, 0.6) is 5.75 Å². The molecule has 2 aromatic rings. The van der Waals surface area contributed by atoms with Crippen molar-refractivity contribution >= 4 is 11.6 Å². The summed E-state index contributed by atoms with van der Waals surface area (Å²) >= 11 is 0. The fraction of sp³-hybridized carbons (Fsp3) is 0.500. The molecule has 0 saturated carbocycles. The molecule has 1 aliphatic heterocycles. The van der Waals surface area contributed by atoms with Gasteiger partial charge in [0.15, 0.2) is 11.6 Å². The Bertz CT molecular complexity index is 913. The van der Waals surface area contributed by atoms with E-state index >= 15 is 0 Å². The third kappa shape index (κ3) is 8.27. The molecule has 1 amide bonds. The first-order chi connectivity index (χ1) is 16.4. The number of amides is 1. The molecule has 8 heteroatoms. The van der Waals surface area contributed by atoms with E-state index in [0.717, 1.165) is 38.3 Å². The van der Waals surface area contributed by atoms with Crippen molar-refractivity contribution in [2.75, 3.05) is 57.7 Å². The van der Waals surface area contributed by atoms with E-state index in [9.17, 15) is 14.3 Å². The standard InChI is InChI=1S/C26H37FN4O3/c1-20-8-3-5-10-24(20)28-12-7-13-29-26(33)18-30-14-15-31(21(2)16-30)17-22(32)19-34-25-11-6-4-9-23(25)27/h3-6,8-11,21-22,28,32H,7,12-19H2,1-2H3,(H,29,33). The molecule has 2 aromatic carbocycles. The summed E-state index contributed by atoms with van der Waals surface area (Å²) < 4.78 is 19.1. The summed E-state index contributed by atoms with van der Waals surface area (Å²) in [5.74, 6) is -0.247. The Kier molecular flexibility index (Phi) is 10.1. The lowest BCUT2D eigenvalue weighted by atomic mass is 10.1. The Morgan fingerprint density at radius 3 is 2.71 bits per heavy atom. The Hall–Kier alpha value is -2.68. The summed E-state index contributed by atoms with van der Waals surface area (Å²) in [6, 6.07) is 14.5. The molecule has 0 radical (unpaired) electrons. The number of hydrogen-bond donors (Lipinski definition) is 3. The van der Waals surface area contributed by atoms with Gasteiger partial charge in [-0.25, -0.2) is 4.39 Å². The Balaban J connectivity index is 1.29. The molecule has 1 aliphatic rings. The third-order valence-corrected chi connectivity index (χ3v) is 6.07. The molecule has 7 nitrogen and oxygen atoms in total. The number of carbonyl (C=O) groups excluding carboxylic acids is 1. The topological polar surface area (TPSA) is 77.1 Å². The number of nitrogens with zero attached hydrogens (tertiary/aromatic N) is 2. The molecule has 186 valence electrons. The molecule has 34 heavy (non-hydrogen) atoms. The zero-order chi connectivity index (χ0) is 24.3. The highest BCUT2D eigenvalue weighted by molar-refractivity contribution is 5.78. The summed E-state index contributed by atoms with van der Waals surface area (Å²) in [4.78, 5) is 16.7. The van der Waals surface area contributed by atoms with Crippen LogP contribution in [0.3, 0.4) is 0 Å². The van der Waals surface area contributed by atoms with Gasteiger partial charge in [0.1, 0.15) is 12.7 Å². The van der Waals surface area contributed by atoms with Crippen molar-refractivity contribution < 1.29 is 19.0 Å². The smallest absolute Gasteiger partial charge is 0.234 e. The Morgan fingerprint density at radius 2 is 1.94 bits per heavy atom. The maximum atomic E-state index is 13.7. The van der Waals surface area contributed by atoms with E-state index in [1.807, 2.05) is 12.1 Å². The molecule has 0 spiro atoms. The van der Waals surface area contributed by atoms with E-state index in [4.69, 9.17) is 4.74 Å². The predicted molar refractivity (Wildman–Crippen MR) is 133 cm³/mol. The summed E-state index contributed by atoms with van der Waals surface area (Å²) in [5, 5.41) is 16.7. The number of para-hydroxylation sites is 2. The Morgan fingerprint density at radius 1 is 1.18 bits per heavy atom. The van der Waals surface area contributed by atoms with E-state index in [-0.39, 0.29) is 24.3 Å². The largest absolute Gasteiger partial charge is 0.488 e. The first-order valence-corrected chi connectivity index (χ1v) is 12.0. The minimum atomic E-state index is -0.717. The number of benzene rings is 2. The van der Waals surface area contributed by atoms with Gasteiger partial charge in [0, 0.05) is 51.0 Å². The molecule has 0 bridgehead atoms. The molecule has 3 N–H and O–H groups in total. The molecular weight excluding hydrogens is 435 g/mol. The number of ether oxygens (including phenoxy) is 1. The summed E-state index contributed by atoms with van der Waals surface area (Å²) in [6.07, 6.45) is 0.141. The molecule has 1 heterocycles. The van der Waals surface area contributed by atoms with Crippen LogP contribution in [-0.4, -0.2) is 85.4 Å². The SMILES string of the molecule is Cc1ccccc1NCCCNC(=O)CN1CCN(CC(O)COc2ccccc2F)C(C)C1. The van der Waals surface area contributed by atoms with Crippen LogP contribution in [0.4, 0.5) is 10.1 Å². The van der Waals surface area contributed by atoms with Gasteiger partial charge in [-0.15, -0.1) is 0 Å². The molecule has 0 aromatic heterocycles. The van der Waals surface area contributed by atoms with Crippen molar-refractivity contribution in [3.8, 4) is 5.75 Å². The molecule has 3 rings (SSSR count). The van der Waals surface area contributed by atoms with Crippen LogP contribution in [0.25, 0.3) is 0 Å². The molecular formula is C26H37FN4O3. The van der Waals surface area contributed by atoms with Gasteiger partial charge < -0.3 is 20.5 Å². The number of hydrogen-bond acceptors (Lipinski definition) is 6. The minimum Gasteiger partial charge on any atom is -0.488 e. The van der Waals surface area contributed by atoms with E-state index < -0.39 is 11.9 Å². The van der Waals surface area contributed by atoms with Crippen molar-refractivity contribution in [2.45, 2.75) is 32.4 Å². The van der Waals surface area contributed by atoms with Gasteiger partial charge >= 0.3 is 0 Å². The summed E-state index contributed by atoms with van der Waals surface area (Å²) in [6.45, 7) is 8.74. The quantitative estimate of drug-likeness (QED) is 0.412. The van der Waals surface area contributed by atoms with Gasteiger partial charge in [0.25, 0.3) is 0 Å². The normalized spacial score (nSPS) is 17.8. The highest BCUT2D eigenvalue weighted by Gasteiger charge is 2.26. The van der Waals surface area contributed by atoms with Crippen LogP contribution in [-0.2, 0) is 4.79 Å². The number of β-amino-alcohol motifs (C(OH)–C–C–N with tert-alkyl or cyclic N) is 1. The lowest BCUT2D eigenvalue weighted by molar-refractivity contribution is -0.123. The van der Waals surface area contributed by atoms with Gasteiger partial charge in [0.05, 0.1) is 6.54 Å².